The van der Waals surface area contributed by atoms with Crippen molar-refractivity contribution in [3.8, 4) is 5.75 Å². The summed E-state index contributed by atoms with van der Waals surface area (Å²) in [5.74, 6) is -0.202. The average molecular weight is 494 g/mol. The van der Waals surface area contributed by atoms with E-state index in [1.54, 1.807) is 50.2 Å². The average Bonchev–Trinajstić information content (AvgIpc) is 3.20. The predicted molar refractivity (Wildman–Crippen MR) is 134 cm³/mol. The Morgan fingerprint density at radius 3 is 2.14 bits per heavy atom. The van der Waals surface area contributed by atoms with Crippen molar-refractivity contribution in [3.05, 3.63) is 53.8 Å². The summed E-state index contributed by atoms with van der Waals surface area (Å²) >= 11 is 0. The first-order valence-electron chi connectivity index (χ1n) is 12.4. The molecule has 2 aromatic carbocycles. The number of benzene rings is 2. The van der Waals surface area contributed by atoms with E-state index >= 15 is 0 Å². The van der Waals surface area contributed by atoms with E-state index in [9.17, 15) is 17.6 Å². The first kappa shape index (κ1) is 26.8. The first-order chi connectivity index (χ1) is 16.7. The lowest BCUT2D eigenvalue weighted by molar-refractivity contribution is -0.0620. The molecule has 0 aromatic heterocycles. The lowest BCUT2D eigenvalue weighted by Gasteiger charge is -2.34. The van der Waals surface area contributed by atoms with Gasteiger partial charge in [0.25, 0.3) is 0 Å². The smallest absolute Gasteiger partial charge is 0.431 e. The minimum absolute atomic E-state index is 0.0347. The van der Waals surface area contributed by atoms with Gasteiger partial charge in [-0.3, -0.25) is 5.01 Å². The van der Waals surface area contributed by atoms with E-state index in [1.165, 1.54) is 5.01 Å². The SMILES string of the molecule is CC.CC[C@H]1C(C)C(C(F)(F)F)=NN1c1ccc(OC2CCN(c3ccc(C)c(F)c3)CC2)cc1. The van der Waals surface area contributed by atoms with Crippen LogP contribution in [-0.4, -0.2) is 37.1 Å². The number of anilines is 2. The van der Waals surface area contributed by atoms with Gasteiger partial charge in [-0.2, -0.15) is 18.3 Å². The fourth-order valence-corrected chi connectivity index (χ4v) is 4.65. The molecule has 4 nitrogen and oxygen atoms in total. The van der Waals surface area contributed by atoms with E-state index in [0.717, 1.165) is 31.6 Å². The molecule has 0 aliphatic carbocycles. The van der Waals surface area contributed by atoms with Crippen LogP contribution in [0.3, 0.4) is 0 Å². The number of nitrogens with zero attached hydrogens (tertiary/aromatic N) is 3. The van der Waals surface area contributed by atoms with Gasteiger partial charge in [-0.1, -0.05) is 33.8 Å². The molecule has 0 N–H and O–H groups in total. The number of hydrazone groups is 1. The summed E-state index contributed by atoms with van der Waals surface area (Å²) < 4.78 is 59.9. The molecule has 0 saturated carbocycles. The van der Waals surface area contributed by atoms with Crippen LogP contribution in [0.1, 0.15) is 52.5 Å². The summed E-state index contributed by atoms with van der Waals surface area (Å²) in [5, 5.41) is 5.39. The number of rotatable bonds is 5. The summed E-state index contributed by atoms with van der Waals surface area (Å²) in [6.07, 6.45) is -2.22. The van der Waals surface area contributed by atoms with Crippen molar-refractivity contribution in [2.45, 2.75) is 72.2 Å². The molecule has 2 aliphatic rings. The summed E-state index contributed by atoms with van der Waals surface area (Å²) in [6, 6.07) is 12.1. The van der Waals surface area contributed by atoms with Crippen LogP contribution < -0.4 is 14.6 Å². The molecule has 35 heavy (non-hydrogen) atoms. The Labute approximate surface area is 205 Å². The number of alkyl halides is 3. The van der Waals surface area contributed by atoms with Gasteiger partial charge in [0.05, 0.1) is 11.7 Å². The molecule has 2 atom stereocenters. The van der Waals surface area contributed by atoms with Gasteiger partial charge in [0.2, 0.25) is 0 Å². The molecule has 1 saturated heterocycles. The highest BCUT2D eigenvalue weighted by Gasteiger charge is 2.47. The van der Waals surface area contributed by atoms with Crippen molar-refractivity contribution >= 4 is 17.1 Å². The van der Waals surface area contributed by atoms with Gasteiger partial charge in [0.1, 0.15) is 23.4 Å². The van der Waals surface area contributed by atoms with Crippen molar-refractivity contribution in [2.75, 3.05) is 23.0 Å². The number of halogens is 4. The maximum Gasteiger partial charge on any atom is 0.431 e. The Balaban J connectivity index is 0.00000167. The lowest BCUT2D eigenvalue weighted by Crippen LogP contribution is -2.38. The molecule has 0 amide bonds. The highest BCUT2D eigenvalue weighted by Crippen LogP contribution is 2.36. The topological polar surface area (TPSA) is 28.1 Å². The van der Waals surface area contributed by atoms with Crippen LogP contribution in [0.5, 0.6) is 5.75 Å². The van der Waals surface area contributed by atoms with Crippen LogP contribution in [-0.2, 0) is 0 Å². The second-order valence-electron chi connectivity index (χ2n) is 8.82. The maximum absolute atomic E-state index is 13.9. The zero-order chi connectivity index (χ0) is 25.8. The summed E-state index contributed by atoms with van der Waals surface area (Å²) in [4.78, 5) is 2.15. The minimum atomic E-state index is -4.43. The van der Waals surface area contributed by atoms with Crippen molar-refractivity contribution in [2.24, 2.45) is 11.0 Å². The third-order valence-corrected chi connectivity index (χ3v) is 6.61. The minimum Gasteiger partial charge on any atom is -0.490 e. The monoisotopic (exact) mass is 493 g/mol. The second-order valence-corrected chi connectivity index (χ2v) is 8.82. The van der Waals surface area contributed by atoms with E-state index in [2.05, 4.69) is 10.0 Å². The Bertz CT molecular complexity index is 998. The maximum atomic E-state index is 13.9. The van der Waals surface area contributed by atoms with Gasteiger partial charge in [-0.15, -0.1) is 0 Å². The first-order valence-corrected chi connectivity index (χ1v) is 12.4. The molecule has 192 valence electrons. The van der Waals surface area contributed by atoms with Crippen LogP contribution in [0.4, 0.5) is 28.9 Å². The molecule has 4 rings (SSSR count). The molecular formula is C27H35F4N3O. The zero-order valence-corrected chi connectivity index (χ0v) is 21.1. The van der Waals surface area contributed by atoms with Crippen molar-refractivity contribution in [3.63, 3.8) is 0 Å². The highest BCUT2D eigenvalue weighted by atomic mass is 19.4. The van der Waals surface area contributed by atoms with Gasteiger partial charge in [0, 0.05) is 37.5 Å². The van der Waals surface area contributed by atoms with E-state index in [-0.39, 0.29) is 18.0 Å². The van der Waals surface area contributed by atoms with Crippen LogP contribution in [0.25, 0.3) is 0 Å². The Hall–Kier alpha value is -2.77. The molecule has 0 bridgehead atoms. The molecule has 1 unspecified atom stereocenters. The van der Waals surface area contributed by atoms with E-state index in [1.807, 2.05) is 26.8 Å². The largest absolute Gasteiger partial charge is 0.490 e. The summed E-state index contributed by atoms with van der Waals surface area (Å²) in [7, 11) is 0. The van der Waals surface area contributed by atoms with Gasteiger partial charge >= 0.3 is 6.18 Å². The Kier molecular flexibility index (Phi) is 8.67. The van der Waals surface area contributed by atoms with Crippen molar-refractivity contribution < 1.29 is 22.3 Å². The van der Waals surface area contributed by atoms with E-state index in [0.29, 0.717) is 23.4 Å². The fraction of sp³-hybridized carbons (Fsp3) is 0.519. The second kappa shape index (κ2) is 11.3. The van der Waals surface area contributed by atoms with Crippen LogP contribution in [0.2, 0.25) is 0 Å². The molecule has 2 heterocycles. The van der Waals surface area contributed by atoms with Crippen molar-refractivity contribution in [1.29, 1.82) is 0 Å². The zero-order valence-electron chi connectivity index (χ0n) is 21.1. The van der Waals surface area contributed by atoms with E-state index < -0.39 is 17.8 Å². The van der Waals surface area contributed by atoms with E-state index in [4.69, 9.17) is 4.74 Å². The van der Waals surface area contributed by atoms with Gasteiger partial charge in [-0.25, -0.2) is 4.39 Å². The molecule has 0 spiro atoms. The fourth-order valence-electron chi connectivity index (χ4n) is 4.65. The normalized spacial score (nSPS) is 20.9. The Morgan fingerprint density at radius 1 is 1.00 bits per heavy atom. The molecule has 2 aromatic rings. The lowest BCUT2D eigenvalue weighted by atomic mass is 9.95. The van der Waals surface area contributed by atoms with Crippen LogP contribution >= 0.6 is 0 Å². The molecule has 2 aliphatic heterocycles. The summed E-state index contributed by atoms with van der Waals surface area (Å²) in [5.41, 5.74) is 1.41. The number of hydrogen-bond acceptors (Lipinski definition) is 4. The number of aryl methyl sites for hydroxylation is 1. The molecule has 1 fully saturated rings. The molecule has 0 radical (unpaired) electrons. The third-order valence-electron chi connectivity index (χ3n) is 6.61. The molecular weight excluding hydrogens is 458 g/mol. The van der Waals surface area contributed by atoms with Gasteiger partial charge in [0.15, 0.2) is 0 Å². The number of ether oxygens (including phenoxy) is 1. The highest BCUT2D eigenvalue weighted by molar-refractivity contribution is 5.95. The predicted octanol–water partition coefficient (Wildman–Crippen LogP) is 7.36. The van der Waals surface area contributed by atoms with Crippen LogP contribution in [0.15, 0.2) is 47.6 Å². The quantitative estimate of drug-likeness (QED) is 0.407. The van der Waals surface area contributed by atoms with Gasteiger partial charge < -0.3 is 9.64 Å². The molecule has 8 heteroatoms. The standard InChI is InChI=1S/C25H29F4N3O.C2H6/c1-4-23-17(3)24(25(27,28)29)30-32(23)18-7-9-20(10-8-18)33-21-11-13-31(14-12-21)19-6-5-16(2)22(26)15-19;1-2/h5-10,15,17,21,23H,4,11-14H2,1-3H3;1-2H3/t17?,23-;/m0./s1. The number of hydrogen-bond donors (Lipinski definition) is 0. The van der Waals surface area contributed by atoms with Gasteiger partial charge in [-0.05, 0) is 55.3 Å². The van der Waals surface area contributed by atoms with Crippen LogP contribution in [0, 0.1) is 18.7 Å². The number of piperidine rings is 1. The summed E-state index contributed by atoms with van der Waals surface area (Å²) in [6.45, 7) is 10.7. The van der Waals surface area contributed by atoms with Crippen molar-refractivity contribution in [1.82, 2.24) is 0 Å². The Morgan fingerprint density at radius 2 is 1.60 bits per heavy atom. The third kappa shape index (κ3) is 6.08.